The Balaban J connectivity index is 1.76. The summed E-state index contributed by atoms with van der Waals surface area (Å²) < 4.78 is 10.8. The molecule has 0 radical (unpaired) electrons. The molecule has 1 atom stereocenters. The van der Waals surface area contributed by atoms with E-state index >= 15 is 0 Å². The highest BCUT2D eigenvalue weighted by Crippen LogP contribution is 2.45. The highest BCUT2D eigenvalue weighted by Gasteiger charge is 2.54. The molecule has 1 N–H and O–H groups in total. The summed E-state index contributed by atoms with van der Waals surface area (Å²) in [6, 6.07) is 0. The van der Waals surface area contributed by atoms with Crippen molar-refractivity contribution < 1.29 is 24.2 Å². The number of hydrogen-bond donors (Lipinski definition) is 1. The average Bonchev–Trinajstić information content (AvgIpc) is 2.94. The molecule has 136 valence electrons. The Morgan fingerprint density at radius 3 is 2.25 bits per heavy atom. The van der Waals surface area contributed by atoms with Crippen LogP contribution < -0.4 is 0 Å². The van der Waals surface area contributed by atoms with E-state index in [9.17, 15) is 14.7 Å². The predicted octanol–water partition coefficient (Wildman–Crippen LogP) is 0.437. The fourth-order valence-corrected chi connectivity index (χ4v) is 4.39. The number of aliphatic carboxylic acids is 1. The molecule has 3 fully saturated rings. The van der Waals surface area contributed by atoms with Crippen LogP contribution in [-0.2, 0) is 19.1 Å². The quantitative estimate of drug-likeness (QED) is 0.803. The second-order valence-electron chi connectivity index (χ2n) is 7.71. The molecule has 24 heavy (non-hydrogen) atoms. The summed E-state index contributed by atoms with van der Waals surface area (Å²) in [4.78, 5) is 28.9. The minimum atomic E-state index is -0.795. The molecule has 3 aliphatic heterocycles. The van der Waals surface area contributed by atoms with E-state index in [0.717, 1.165) is 13.1 Å². The first-order valence-electron chi connectivity index (χ1n) is 8.79. The molecule has 0 bridgehead atoms. The van der Waals surface area contributed by atoms with Crippen molar-refractivity contribution in [2.45, 2.75) is 32.2 Å². The predicted molar refractivity (Wildman–Crippen MR) is 86.7 cm³/mol. The number of carbonyl (C=O) groups excluding carboxylic acids is 1. The number of hydrogen-bond acceptors (Lipinski definition) is 5. The molecule has 0 aromatic heterocycles. The van der Waals surface area contributed by atoms with Gasteiger partial charge in [-0.3, -0.25) is 14.5 Å². The molecule has 1 unspecified atom stereocenters. The summed E-state index contributed by atoms with van der Waals surface area (Å²) in [5.74, 6) is -1.26. The summed E-state index contributed by atoms with van der Waals surface area (Å²) in [5, 5.41) is 9.68. The molecule has 1 spiro atoms. The molecule has 3 rings (SSSR count). The van der Waals surface area contributed by atoms with Gasteiger partial charge in [-0.05, 0) is 26.7 Å². The summed E-state index contributed by atoms with van der Waals surface area (Å²) in [6.45, 7) is 8.60. The molecule has 7 heteroatoms. The van der Waals surface area contributed by atoms with Gasteiger partial charge in [0, 0.05) is 44.8 Å². The van der Waals surface area contributed by atoms with Crippen molar-refractivity contribution in [1.29, 1.82) is 0 Å². The number of likely N-dealkylation sites (tertiary alicyclic amines) is 1. The van der Waals surface area contributed by atoms with Gasteiger partial charge in [0.25, 0.3) is 0 Å². The Morgan fingerprint density at radius 1 is 1.08 bits per heavy atom. The number of nitrogens with zero attached hydrogens (tertiary/aromatic N) is 2. The lowest BCUT2D eigenvalue weighted by Crippen LogP contribution is -2.58. The SMILES string of the molecule is CC(C)(C(=O)N1CC(C(=O)O)C2(CCOCC2)C1)N1CCOCC1. The van der Waals surface area contributed by atoms with Crippen molar-refractivity contribution in [2.75, 3.05) is 52.6 Å². The van der Waals surface area contributed by atoms with Gasteiger partial charge in [0.15, 0.2) is 0 Å². The third kappa shape index (κ3) is 3.05. The van der Waals surface area contributed by atoms with Crippen LogP contribution in [0.3, 0.4) is 0 Å². The smallest absolute Gasteiger partial charge is 0.308 e. The van der Waals surface area contributed by atoms with Gasteiger partial charge >= 0.3 is 5.97 Å². The summed E-state index contributed by atoms with van der Waals surface area (Å²) in [6.07, 6.45) is 1.43. The fourth-order valence-electron chi connectivity index (χ4n) is 4.39. The number of morpholine rings is 1. The topological polar surface area (TPSA) is 79.3 Å². The summed E-state index contributed by atoms with van der Waals surface area (Å²) in [5.41, 5.74) is -0.968. The van der Waals surface area contributed by atoms with E-state index in [1.54, 1.807) is 4.90 Å². The maximum Gasteiger partial charge on any atom is 0.308 e. The Morgan fingerprint density at radius 2 is 1.67 bits per heavy atom. The van der Waals surface area contributed by atoms with Crippen LogP contribution in [0.15, 0.2) is 0 Å². The van der Waals surface area contributed by atoms with Crippen molar-refractivity contribution in [1.82, 2.24) is 9.80 Å². The Hall–Kier alpha value is -1.18. The molecule has 3 heterocycles. The van der Waals surface area contributed by atoms with Crippen LogP contribution in [0.25, 0.3) is 0 Å². The van der Waals surface area contributed by atoms with E-state index in [-0.39, 0.29) is 11.3 Å². The number of amides is 1. The number of carbonyl (C=O) groups is 2. The number of ether oxygens (including phenoxy) is 2. The van der Waals surface area contributed by atoms with E-state index in [1.165, 1.54) is 0 Å². The van der Waals surface area contributed by atoms with Gasteiger partial charge in [-0.25, -0.2) is 0 Å². The molecular formula is C17H28N2O5. The highest BCUT2D eigenvalue weighted by atomic mass is 16.5. The third-order valence-corrected chi connectivity index (χ3v) is 6.05. The van der Waals surface area contributed by atoms with E-state index in [2.05, 4.69) is 4.90 Å². The molecule has 0 aromatic carbocycles. The third-order valence-electron chi connectivity index (χ3n) is 6.05. The zero-order chi connectivity index (χ0) is 17.4. The van der Waals surface area contributed by atoms with Crippen molar-refractivity contribution in [3.05, 3.63) is 0 Å². The van der Waals surface area contributed by atoms with Crippen molar-refractivity contribution in [3.8, 4) is 0 Å². The first kappa shape index (κ1) is 17.6. The molecule has 3 saturated heterocycles. The molecule has 7 nitrogen and oxygen atoms in total. The zero-order valence-electron chi connectivity index (χ0n) is 14.6. The first-order valence-corrected chi connectivity index (χ1v) is 8.79. The first-order chi connectivity index (χ1) is 11.4. The van der Waals surface area contributed by atoms with Gasteiger partial charge < -0.3 is 19.5 Å². The lowest BCUT2D eigenvalue weighted by atomic mass is 9.72. The second kappa shape index (κ2) is 6.61. The van der Waals surface area contributed by atoms with Crippen molar-refractivity contribution in [2.24, 2.45) is 11.3 Å². The van der Waals surface area contributed by atoms with Gasteiger partial charge in [0.2, 0.25) is 5.91 Å². The monoisotopic (exact) mass is 340 g/mol. The highest BCUT2D eigenvalue weighted by molar-refractivity contribution is 5.87. The molecule has 0 aliphatic carbocycles. The molecule has 0 aromatic rings. The average molecular weight is 340 g/mol. The molecule has 0 saturated carbocycles. The van der Waals surface area contributed by atoms with E-state index in [4.69, 9.17) is 9.47 Å². The van der Waals surface area contributed by atoms with Crippen LogP contribution in [0.2, 0.25) is 0 Å². The number of carboxylic acids is 1. The lowest BCUT2D eigenvalue weighted by Gasteiger charge is -2.42. The number of carboxylic acid groups (broad SMARTS) is 1. The van der Waals surface area contributed by atoms with Gasteiger partial charge in [-0.1, -0.05) is 0 Å². The van der Waals surface area contributed by atoms with Crippen molar-refractivity contribution in [3.63, 3.8) is 0 Å². The van der Waals surface area contributed by atoms with Crippen LogP contribution in [0.4, 0.5) is 0 Å². The Kier molecular flexibility index (Phi) is 4.86. The Labute approximate surface area is 142 Å². The number of rotatable bonds is 3. The fraction of sp³-hybridized carbons (Fsp3) is 0.882. The van der Waals surface area contributed by atoms with Crippen molar-refractivity contribution >= 4 is 11.9 Å². The van der Waals surface area contributed by atoms with Crippen LogP contribution in [-0.4, -0.2) is 84.9 Å². The maximum absolute atomic E-state index is 13.2. The van der Waals surface area contributed by atoms with E-state index in [0.29, 0.717) is 52.4 Å². The minimum absolute atomic E-state index is 0.0269. The van der Waals surface area contributed by atoms with Crippen LogP contribution in [0.1, 0.15) is 26.7 Å². The zero-order valence-corrected chi connectivity index (χ0v) is 14.6. The summed E-state index contributed by atoms with van der Waals surface area (Å²) in [7, 11) is 0. The molecule has 3 aliphatic rings. The second-order valence-corrected chi connectivity index (χ2v) is 7.71. The van der Waals surface area contributed by atoms with Crippen LogP contribution in [0.5, 0.6) is 0 Å². The van der Waals surface area contributed by atoms with Gasteiger partial charge in [0.05, 0.1) is 24.7 Å². The van der Waals surface area contributed by atoms with E-state index < -0.39 is 17.4 Å². The van der Waals surface area contributed by atoms with Gasteiger partial charge in [-0.2, -0.15) is 0 Å². The largest absolute Gasteiger partial charge is 0.481 e. The lowest BCUT2D eigenvalue weighted by molar-refractivity contribution is -0.147. The summed E-state index contributed by atoms with van der Waals surface area (Å²) >= 11 is 0. The van der Waals surface area contributed by atoms with Gasteiger partial charge in [-0.15, -0.1) is 0 Å². The molecular weight excluding hydrogens is 312 g/mol. The van der Waals surface area contributed by atoms with E-state index in [1.807, 2.05) is 13.8 Å². The Bertz CT molecular complexity index is 495. The standard InChI is InChI=1S/C17H28N2O5/c1-16(2,19-5-9-24-10-6-19)15(22)18-11-13(14(20)21)17(12-18)3-7-23-8-4-17/h13H,3-12H2,1-2H3,(H,20,21). The van der Waals surface area contributed by atoms with Crippen LogP contribution >= 0.6 is 0 Å². The van der Waals surface area contributed by atoms with Gasteiger partial charge in [0.1, 0.15) is 0 Å². The minimum Gasteiger partial charge on any atom is -0.481 e. The van der Waals surface area contributed by atoms with Crippen LogP contribution in [0, 0.1) is 11.3 Å². The maximum atomic E-state index is 13.2. The normalized spacial score (nSPS) is 28.2. The molecule has 1 amide bonds.